The SMILES string of the molecule is C[N+](C)=CC1CCC(Nc2ncnc3[nH]cc(C4CCC4)c23)CC1. The molecule has 2 aliphatic carbocycles. The van der Waals surface area contributed by atoms with Crippen molar-refractivity contribution in [2.75, 3.05) is 19.4 Å². The molecule has 0 bridgehead atoms. The van der Waals surface area contributed by atoms with E-state index in [9.17, 15) is 0 Å². The fraction of sp³-hybridized carbons (Fsp3) is 0.632. The largest absolute Gasteiger partial charge is 0.367 e. The summed E-state index contributed by atoms with van der Waals surface area (Å²) in [4.78, 5) is 12.3. The quantitative estimate of drug-likeness (QED) is 0.667. The van der Waals surface area contributed by atoms with Gasteiger partial charge in [-0.15, -0.1) is 0 Å². The van der Waals surface area contributed by atoms with E-state index in [0.717, 1.165) is 17.4 Å². The van der Waals surface area contributed by atoms with Crippen LogP contribution in [0.25, 0.3) is 11.0 Å². The Morgan fingerprint density at radius 2 is 1.92 bits per heavy atom. The second kappa shape index (κ2) is 6.54. The van der Waals surface area contributed by atoms with Crippen molar-refractivity contribution in [2.45, 2.75) is 56.9 Å². The van der Waals surface area contributed by atoms with Gasteiger partial charge in [0.05, 0.1) is 5.39 Å². The fourth-order valence-corrected chi connectivity index (χ4v) is 4.16. The molecule has 2 N–H and O–H groups in total. The van der Waals surface area contributed by atoms with E-state index < -0.39 is 0 Å². The van der Waals surface area contributed by atoms with Crippen molar-refractivity contribution in [1.29, 1.82) is 0 Å². The summed E-state index contributed by atoms with van der Waals surface area (Å²) in [5.41, 5.74) is 2.39. The molecule has 2 fully saturated rings. The average Bonchev–Trinajstić information content (AvgIpc) is 2.92. The van der Waals surface area contributed by atoms with Crippen molar-refractivity contribution < 1.29 is 4.58 Å². The Bertz CT molecular complexity index is 731. The van der Waals surface area contributed by atoms with Crippen LogP contribution in [0.3, 0.4) is 0 Å². The van der Waals surface area contributed by atoms with Gasteiger partial charge in [0.1, 0.15) is 38.1 Å². The maximum atomic E-state index is 4.58. The normalized spacial score (nSPS) is 24.6. The van der Waals surface area contributed by atoms with Crippen LogP contribution in [0.4, 0.5) is 5.82 Å². The minimum Gasteiger partial charge on any atom is -0.367 e. The number of aromatic nitrogens is 3. The highest BCUT2D eigenvalue weighted by Gasteiger charge is 2.26. The summed E-state index contributed by atoms with van der Waals surface area (Å²) >= 11 is 0. The van der Waals surface area contributed by atoms with E-state index in [1.54, 1.807) is 6.33 Å². The molecule has 4 rings (SSSR count). The lowest BCUT2D eigenvalue weighted by atomic mass is 9.80. The number of aromatic amines is 1. The molecule has 2 saturated carbocycles. The van der Waals surface area contributed by atoms with Crippen LogP contribution in [0.1, 0.15) is 56.4 Å². The molecular formula is C19H28N5+. The van der Waals surface area contributed by atoms with Crippen molar-refractivity contribution in [3.63, 3.8) is 0 Å². The summed E-state index contributed by atoms with van der Waals surface area (Å²) in [5, 5.41) is 4.95. The minimum absolute atomic E-state index is 0.527. The first-order valence-electron chi connectivity index (χ1n) is 9.30. The lowest BCUT2D eigenvalue weighted by Gasteiger charge is -2.28. The summed E-state index contributed by atoms with van der Waals surface area (Å²) in [6.45, 7) is 0. The Balaban J connectivity index is 1.51. The molecule has 128 valence electrons. The number of nitrogens with one attached hydrogen (secondary N) is 2. The van der Waals surface area contributed by atoms with Crippen LogP contribution in [-0.4, -0.2) is 45.9 Å². The molecule has 5 heteroatoms. The Morgan fingerprint density at radius 1 is 1.12 bits per heavy atom. The molecule has 0 spiro atoms. The highest BCUT2D eigenvalue weighted by Crippen LogP contribution is 2.41. The molecule has 2 aromatic rings. The second-order valence-corrected chi connectivity index (χ2v) is 7.69. The van der Waals surface area contributed by atoms with E-state index in [0.29, 0.717) is 12.0 Å². The van der Waals surface area contributed by atoms with Gasteiger partial charge in [0, 0.05) is 18.2 Å². The van der Waals surface area contributed by atoms with E-state index in [1.165, 1.54) is 55.9 Å². The average molecular weight is 326 g/mol. The topological polar surface area (TPSA) is 56.6 Å². The van der Waals surface area contributed by atoms with E-state index in [2.05, 4.69) is 51.4 Å². The summed E-state index contributed by atoms with van der Waals surface area (Å²) in [5.74, 6) is 2.44. The van der Waals surface area contributed by atoms with Gasteiger partial charge in [-0.25, -0.2) is 14.5 Å². The lowest BCUT2D eigenvalue weighted by Crippen LogP contribution is -2.28. The van der Waals surface area contributed by atoms with E-state index >= 15 is 0 Å². The summed E-state index contributed by atoms with van der Waals surface area (Å²) in [6.07, 6.45) is 15.1. The van der Waals surface area contributed by atoms with Crippen LogP contribution in [0, 0.1) is 5.92 Å². The molecule has 24 heavy (non-hydrogen) atoms. The highest BCUT2D eigenvalue weighted by molar-refractivity contribution is 5.91. The zero-order valence-corrected chi connectivity index (χ0v) is 14.8. The predicted octanol–water partition coefficient (Wildman–Crippen LogP) is 3.54. The number of nitrogens with zero attached hydrogens (tertiary/aromatic N) is 3. The van der Waals surface area contributed by atoms with Crippen molar-refractivity contribution in [3.8, 4) is 0 Å². The molecule has 0 saturated heterocycles. The zero-order chi connectivity index (χ0) is 16.5. The van der Waals surface area contributed by atoms with Gasteiger partial charge in [-0.1, -0.05) is 6.42 Å². The molecule has 2 heterocycles. The Labute approximate surface area is 143 Å². The first-order chi connectivity index (χ1) is 11.7. The van der Waals surface area contributed by atoms with Gasteiger partial charge in [0.2, 0.25) is 0 Å². The summed E-state index contributed by atoms with van der Waals surface area (Å²) in [6, 6.07) is 0.527. The molecule has 0 aliphatic heterocycles. The predicted molar refractivity (Wildman–Crippen MR) is 98.0 cm³/mol. The smallest absolute Gasteiger partial charge is 0.143 e. The number of hydrogen-bond donors (Lipinski definition) is 2. The van der Waals surface area contributed by atoms with Crippen LogP contribution >= 0.6 is 0 Å². The van der Waals surface area contributed by atoms with Crippen LogP contribution in [-0.2, 0) is 0 Å². The molecule has 0 unspecified atom stereocenters. The van der Waals surface area contributed by atoms with Crippen molar-refractivity contribution in [2.24, 2.45) is 5.92 Å². The van der Waals surface area contributed by atoms with Gasteiger partial charge < -0.3 is 10.3 Å². The number of H-pyrrole nitrogens is 1. The number of rotatable bonds is 4. The van der Waals surface area contributed by atoms with E-state index in [-0.39, 0.29) is 0 Å². The summed E-state index contributed by atoms with van der Waals surface area (Å²) in [7, 11) is 4.24. The number of hydrogen-bond acceptors (Lipinski definition) is 3. The molecule has 0 radical (unpaired) electrons. The van der Waals surface area contributed by atoms with Gasteiger partial charge in [-0.3, -0.25) is 0 Å². The van der Waals surface area contributed by atoms with E-state index in [4.69, 9.17) is 0 Å². The van der Waals surface area contributed by atoms with Crippen molar-refractivity contribution >= 4 is 23.1 Å². The van der Waals surface area contributed by atoms with E-state index in [1.807, 2.05) is 0 Å². The molecule has 0 amide bonds. The first kappa shape index (κ1) is 15.6. The maximum Gasteiger partial charge on any atom is 0.143 e. The monoisotopic (exact) mass is 326 g/mol. The third-order valence-electron chi connectivity index (χ3n) is 5.67. The first-order valence-corrected chi connectivity index (χ1v) is 9.30. The maximum absolute atomic E-state index is 4.58. The summed E-state index contributed by atoms with van der Waals surface area (Å²) < 4.78 is 2.19. The van der Waals surface area contributed by atoms with Crippen LogP contribution < -0.4 is 5.32 Å². The standard InChI is InChI=1S/C19H28N5/c1-24(2)11-13-6-8-15(9-7-13)23-19-17-16(14-4-3-5-14)10-20-18(17)21-12-22-19/h10-15H,3-9H2,1-2H3,(H2,20,21,22,23)/q+1. The molecule has 5 nitrogen and oxygen atoms in total. The lowest BCUT2D eigenvalue weighted by molar-refractivity contribution is -0.462. The van der Waals surface area contributed by atoms with Gasteiger partial charge in [0.25, 0.3) is 0 Å². The van der Waals surface area contributed by atoms with Gasteiger partial charge in [0.15, 0.2) is 0 Å². The Kier molecular flexibility index (Phi) is 4.25. The van der Waals surface area contributed by atoms with Crippen LogP contribution in [0.5, 0.6) is 0 Å². The molecule has 0 atom stereocenters. The zero-order valence-electron chi connectivity index (χ0n) is 14.8. The van der Waals surface area contributed by atoms with Crippen LogP contribution in [0.15, 0.2) is 12.5 Å². The third kappa shape index (κ3) is 3.04. The molecule has 0 aromatic carbocycles. The number of fused-ring (bicyclic) bond motifs is 1. The van der Waals surface area contributed by atoms with Crippen molar-refractivity contribution in [1.82, 2.24) is 15.0 Å². The second-order valence-electron chi connectivity index (χ2n) is 7.69. The highest BCUT2D eigenvalue weighted by atomic mass is 15.1. The van der Waals surface area contributed by atoms with Gasteiger partial charge in [-0.05, 0) is 50.0 Å². The molecule has 2 aromatic heterocycles. The van der Waals surface area contributed by atoms with Gasteiger partial charge in [-0.2, -0.15) is 0 Å². The third-order valence-corrected chi connectivity index (χ3v) is 5.67. The molecular weight excluding hydrogens is 298 g/mol. The Hall–Kier alpha value is -1.91. The Morgan fingerprint density at radius 3 is 2.58 bits per heavy atom. The van der Waals surface area contributed by atoms with Crippen LogP contribution in [0.2, 0.25) is 0 Å². The fourth-order valence-electron chi connectivity index (χ4n) is 4.16. The number of anilines is 1. The van der Waals surface area contributed by atoms with Crippen molar-refractivity contribution in [3.05, 3.63) is 18.1 Å². The van der Waals surface area contributed by atoms with Gasteiger partial charge >= 0.3 is 0 Å². The molecule has 2 aliphatic rings. The minimum atomic E-state index is 0.527.